The first-order valence-electron chi connectivity index (χ1n) is 25.0. The second-order valence-corrected chi connectivity index (χ2v) is 21.1. The number of nitrogens with one attached hydrogen (secondary N) is 1. The molecule has 3 amide bonds. The van der Waals surface area contributed by atoms with Crippen molar-refractivity contribution in [1.82, 2.24) is 39.6 Å². The van der Waals surface area contributed by atoms with E-state index in [-0.39, 0.29) is 67.6 Å². The van der Waals surface area contributed by atoms with Crippen LogP contribution in [-0.2, 0) is 58.5 Å². The van der Waals surface area contributed by atoms with Crippen LogP contribution in [0, 0.1) is 11.8 Å². The highest BCUT2D eigenvalue weighted by Gasteiger charge is 2.45. The molecule has 8 heterocycles. The number of rotatable bonds is 8. The number of piperidine rings is 4. The largest absolute Gasteiger partial charge is 0.481 e. The quantitative estimate of drug-likeness (QED) is 0.142. The predicted molar refractivity (Wildman–Crippen MR) is 270 cm³/mol. The Bertz CT molecular complexity index is 2520. The molecule has 4 unspecified atom stereocenters. The molecule has 21 heteroatoms. The van der Waals surface area contributed by atoms with Gasteiger partial charge in [-0.1, -0.05) is 46.4 Å². The van der Waals surface area contributed by atoms with Crippen molar-refractivity contribution < 1.29 is 43.7 Å². The fourth-order valence-corrected chi connectivity index (χ4v) is 12.3. The Kier molecular flexibility index (Phi) is 18.1. The normalized spacial score (nSPS) is 23.3. The summed E-state index contributed by atoms with van der Waals surface area (Å²) >= 11 is 23.3. The molecule has 0 radical (unpaired) electrons. The number of hydrogen-bond donors (Lipinski definition) is 3. The summed E-state index contributed by atoms with van der Waals surface area (Å²) in [6.07, 6.45) is 9.35. The van der Waals surface area contributed by atoms with Crippen molar-refractivity contribution in [2.75, 3.05) is 19.7 Å². The molecule has 4 fully saturated rings. The van der Waals surface area contributed by atoms with Gasteiger partial charge in [0, 0.05) is 70.4 Å². The van der Waals surface area contributed by atoms with E-state index in [9.17, 15) is 29.1 Å². The Morgan fingerprint density at radius 1 is 0.639 bits per heavy atom. The van der Waals surface area contributed by atoms with Gasteiger partial charge < -0.3 is 39.7 Å². The molecule has 4 saturated heterocycles. The highest BCUT2D eigenvalue weighted by molar-refractivity contribution is 6.35. The van der Waals surface area contributed by atoms with E-state index in [2.05, 4.69) is 15.5 Å². The molecule has 4 bridgehead atoms. The van der Waals surface area contributed by atoms with E-state index >= 15 is 0 Å². The number of hydrogen-bond acceptors (Lipinski definition) is 11. The molecule has 17 nitrogen and oxygen atoms in total. The third-order valence-electron chi connectivity index (χ3n) is 14.4. The number of carbonyl (C=O) groups excluding carboxylic acids is 4. The first kappa shape index (κ1) is 53.4. The predicted octanol–water partition coefficient (Wildman–Crippen LogP) is 8.79. The standard InChI is InChI=1S/C25H28Cl2N4O5.C19H28N4O3.C7H6Cl2O/c26-17-7-15(8-18(27)11-17)14-36-25(35)29-5-2-6-30-21(13-29)12-22(28-30)23(32)31-19-3-1-4-20(31)10-16(9-19)24(33)34;1-2-26-19(25)13-9-14-5-3-6-15(10-13)23(14)18(24)17-11-16-12-20-7-4-8-22(16)21-17;8-6-1-5(4-10)2-7(9)3-6/h7-8,11-12,16,19-20H,1-6,9-10,13-14H2,(H,33,34);11,13-15,20H,2-10,12H2,1H3;1-3,10H,4H2. The van der Waals surface area contributed by atoms with Gasteiger partial charge in [-0.05, 0) is 150 Å². The number of aliphatic hydroxyl groups excluding tert-OH is 1. The van der Waals surface area contributed by atoms with E-state index in [1.165, 1.54) is 0 Å². The van der Waals surface area contributed by atoms with Crippen LogP contribution in [0.5, 0.6) is 0 Å². The summed E-state index contributed by atoms with van der Waals surface area (Å²) < 4.78 is 14.5. The molecular formula is C51H62Cl4N8O9. The number of nitrogens with zero attached hydrogens (tertiary/aromatic N) is 7. The first-order valence-corrected chi connectivity index (χ1v) is 26.5. The minimum absolute atomic E-state index is 0.0275. The first-order chi connectivity index (χ1) is 34.7. The number of ether oxygens (including phenoxy) is 2. The summed E-state index contributed by atoms with van der Waals surface area (Å²) in [5.41, 5.74) is 4.18. The molecule has 6 aliphatic rings. The molecule has 4 aromatic rings. The van der Waals surface area contributed by atoms with Gasteiger partial charge in [0.15, 0.2) is 11.4 Å². The second-order valence-electron chi connectivity index (χ2n) is 19.4. The van der Waals surface area contributed by atoms with Crippen molar-refractivity contribution in [3.05, 3.63) is 103 Å². The molecular weight excluding hydrogens is 1010 g/mol. The Balaban J connectivity index is 0.000000167. The highest BCUT2D eigenvalue weighted by Crippen LogP contribution is 2.40. The lowest BCUT2D eigenvalue weighted by Gasteiger charge is -2.48. The Labute approximate surface area is 439 Å². The molecule has 2 aromatic heterocycles. The van der Waals surface area contributed by atoms with Crippen molar-refractivity contribution in [3.63, 3.8) is 0 Å². The SMILES string of the molecule is CCOC(=O)C1CC2CCCC(C1)N2C(=O)c1cc2n(n1)CCCNC2.O=C(O)C1CC2CCCC(C1)N2C(=O)c1cc2n(n1)CCCN(C(=O)OCc1cc(Cl)cc(Cl)c1)C2.OCc1cc(Cl)cc(Cl)c1. The van der Waals surface area contributed by atoms with E-state index in [4.69, 9.17) is 61.0 Å². The maximum atomic E-state index is 13.5. The van der Waals surface area contributed by atoms with Crippen molar-refractivity contribution in [3.8, 4) is 0 Å². The number of aliphatic hydroxyl groups is 1. The molecule has 0 aliphatic carbocycles. The van der Waals surface area contributed by atoms with Crippen molar-refractivity contribution in [1.29, 1.82) is 0 Å². The number of aromatic nitrogens is 4. The number of halogens is 4. The smallest absolute Gasteiger partial charge is 0.410 e. The van der Waals surface area contributed by atoms with Crippen LogP contribution in [-0.4, -0.2) is 118 Å². The average Bonchev–Trinajstić information content (AvgIpc) is 3.79. The lowest BCUT2D eigenvalue weighted by atomic mass is 9.78. The number of esters is 1. The third kappa shape index (κ3) is 13.1. The Morgan fingerprint density at radius 3 is 1.67 bits per heavy atom. The molecule has 2 aromatic carbocycles. The second kappa shape index (κ2) is 24.4. The zero-order valence-corrected chi connectivity index (χ0v) is 43.4. The van der Waals surface area contributed by atoms with E-state index in [1.54, 1.807) is 52.0 Å². The average molecular weight is 1070 g/mol. The van der Waals surface area contributed by atoms with Gasteiger partial charge in [0.25, 0.3) is 11.8 Å². The summed E-state index contributed by atoms with van der Waals surface area (Å²) in [5, 5.41) is 32.7. The fourth-order valence-electron chi connectivity index (χ4n) is 11.2. The van der Waals surface area contributed by atoms with Crippen LogP contribution < -0.4 is 5.32 Å². The van der Waals surface area contributed by atoms with Gasteiger partial charge >= 0.3 is 18.0 Å². The molecule has 72 heavy (non-hydrogen) atoms. The van der Waals surface area contributed by atoms with Gasteiger partial charge in [-0.15, -0.1) is 0 Å². The van der Waals surface area contributed by atoms with Crippen molar-refractivity contribution >= 4 is 76.2 Å². The number of fused-ring (bicyclic) bond motifs is 6. The van der Waals surface area contributed by atoms with E-state index in [0.717, 1.165) is 94.4 Å². The molecule has 4 atom stereocenters. The van der Waals surface area contributed by atoms with Crippen LogP contribution in [0.1, 0.15) is 127 Å². The van der Waals surface area contributed by atoms with E-state index < -0.39 is 18.0 Å². The lowest BCUT2D eigenvalue weighted by molar-refractivity contribution is -0.151. The van der Waals surface area contributed by atoms with E-state index in [1.807, 2.05) is 27.5 Å². The summed E-state index contributed by atoms with van der Waals surface area (Å²) in [6, 6.07) is 13.8. The van der Waals surface area contributed by atoms with Crippen LogP contribution >= 0.6 is 46.4 Å². The van der Waals surface area contributed by atoms with E-state index in [0.29, 0.717) is 76.0 Å². The van der Waals surface area contributed by atoms with Crippen molar-refractivity contribution in [2.24, 2.45) is 11.8 Å². The zero-order valence-electron chi connectivity index (χ0n) is 40.3. The zero-order chi connectivity index (χ0) is 51.1. The molecule has 0 spiro atoms. The number of carboxylic acids is 1. The van der Waals surface area contributed by atoms with Gasteiger partial charge in [-0.3, -0.25) is 28.5 Å². The Morgan fingerprint density at radius 2 is 1.14 bits per heavy atom. The van der Waals surface area contributed by atoms with Crippen LogP contribution in [0.3, 0.4) is 0 Å². The third-order valence-corrected chi connectivity index (χ3v) is 15.3. The highest BCUT2D eigenvalue weighted by atomic mass is 35.5. The summed E-state index contributed by atoms with van der Waals surface area (Å²) in [5.74, 6) is -1.47. The van der Waals surface area contributed by atoms with Crippen LogP contribution in [0.2, 0.25) is 20.1 Å². The Hall–Kier alpha value is -4.91. The minimum atomic E-state index is -0.779. The van der Waals surface area contributed by atoms with Gasteiger partial charge in [-0.2, -0.15) is 10.2 Å². The summed E-state index contributed by atoms with van der Waals surface area (Å²) in [6.45, 7) is 6.26. The number of benzene rings is 2. The maximum Gasteiger partial charge on any atom is 0.410 e. The van der Waals surface area contributed by atoms with Gasteiger partial charge in [0.05, 0.1) is 43.0 Å². The number of carbonyl (C=O) groups is 5. The van der Waals surface area contributed by atoms with Gasteiger partial charge in [-0.25, -0.2) is 4.79 Å². The maximum absolute atomic E-state index is 13.5. The number of amides is 3. The van der Waals surface area contributed by atoms with Gasteiger partial charge in [0.2, 0.25) is 0 Å². The van der Waals surface area contributed by atoms with Crippen molar-refractivity contribution in [2.45, 2.75) is 148 Å². The molecule has 6 aliphatic heterocycles. The van der Waals surface area contributed by atoms with Crippen LogP contribution in [0.4, 0.5) is 4.79 Å². The minimum Gasteiger partial charge on any atom is -0.481 e. The topological polar surface area (TPSA) is 202 Å². The number of carboxylic acid groups (broad SMARTS) is 1. The molecule has 3 N–H and O–H groups in total. The molecule has 0 saturated carbocycles. The number of aliphatic carboxylic acids is 1. The number of aryl methyl sites for hydroxylation is 2. The lowest BCUT2D eigenvalue weighted by Crippen LogP contribution is -2.55. The monoisotopic (exact) mass is 1070 g/mol. The fraction of sp³-hybridized carbons (Fsp3) is 0.549. The summed E-state index contributed by atoms with van der Waals surface area (Å²) in [4.78, 5) is 68.8. The van der Waals surface area contributed by atoms with Crippen LogP contribution in [0.25, 0.3) is 0 Å². The van der Waals surface area contributed by atoms with Crippen LogP contribution in [0.15, 0.2) is 48.5 Å². The molecule has 10 rings (SSSR count). The molecule has 388 valence electrons. The summed E-state index contributed by atoms with van der Waals surface area (Å²) in [7, 11) is 0. The van der Waals surface area contributed by atoms with Gasteiger partial charge in [0.1, 0.15) is 6.61 Å².